The highest BCUT2D eigenvalue weighted by atomic mass is 32.2. The third-order valence-corrected chi connectivity index (χ3v) is 8.68. The van der Waals surface area contributed by atoms with Crippen molar-refractivity contribution in [3.8, 4) is 0 Å². The number of hydrogen-bond acceptors (Lipinski definition) is 5. The predicted molar refractivity (Wildman–Crippen MR) is 127 cm³/mol. The minimum absolute atomic E-state index is 0.0443. The summed E-state index contributed by atoms with van der Waals surface area (Å²) in [6, 6.07) is 6.63. The van der Waals surface area contributed by atoms with Crippen LogP contribution < -0.4 is 5.32 Å². The van der Waals surface area contributed by atoms with E-state index >= 15 is 0 Å². The standard InChI is InChI=1S/C24H34FN5O3S/c1-2-28-17-23(27-18-28)34(32,33)30-11-3-4-21(16-30)24(31)26-14-19-9-12-29(13-10-19)15-20-5-7-22(25)8-6-20/h5-8,17-19,21H,2-4,9-16H2,1H3,(H,26,31)/t21-/m1/s1. The number of imidazole rings is 1. The molecule has 2 fully saturated rings. The van der Waals surface area contributed by atoms with Gasteiger partial charge in [0.1, 0.15) is 5.82 Å². The first-order valence-electron chi connectivity index (χ1n) is 12.1. The molecule has 0 bridgehead atoms. The molecule has 0 radical (unpaired) electrons. The van der Waals surface area contributed by atoms with Gasteiger partial charge in [0.05, 0.1) is 12.2 Å². The lowest BCUT2D eigenvalue weighted by atomic mass is 9.95. The van der Waals surface area contributed by atoms with Crippen molar-refractivity contribution < 1.29 is 17.6 Å². The van der Waals surface area contributed by atoms with E-state index in [4.69, 9.17) is 0 Å². The normalized spacial score (nSPS) is 20.9. The molecule has 3 heterocycles. The summed E-state index contributed by atoms with van der Waals surface area (Å²) in [5.74, 6) is -0.206. The summed E-state index contributed by atoms with van der Waals surface area (Å²) in [6.07, 6.45) is 6.40. The molecule has 10 heteroatoms. The molecule has 1 aromatic carbocycles. The van der Waals surface area contributed by atoms with Crippen LogP contribution in [0.5, 0.6) is 0 Å². The quantitative estimate of drug-likeness (QED) is 0.613. The van der Waals surface area contributed by atoms with E-state index in [-0.39, 0.29) is 29.2 Å². The fourth-order valence-electron chi connectivity index (χ4n) is 4.74. The molecule has 0 spiro atoms. The van der Waals surface area contributed by atoms with Gasteiger partial charge in [0, 0.05) is 38.9 Å². The van der Waals surface area contributed by atoms with Crippen molar-refractivity contribution in [1.82, 2.24) is 24.1 Å². The third-order valence-electron chi connectivity index (χ3n) is 6.93. The van der Waals surface area contributed by atoms with Gasteiger partial charge in [-0.15, -0.1) is 0 Å². The Balaban J connectivity index is 1.23. The molecule has 4 rings (SSSR count). The van der Waals surface area contributed by atoms with Gasteiger partial charge in [0.25, 0.3) is 10.0 Å². The van der Waals surface area contributed by atoms with Crippen molar-refractivity contribution in [1.29, 1.82) is 0 Å². The van der Waals surface area contributed by atoms with Gasteiger partial charge < -0.3 is 9.88 Å². The average Bonchev–Trinajstić information content (AvgIpc) is 3.35. The molecule has 2 saturated heterocycles. The summed E-state index contributed by atoms with van der Waals surface area (Å²) in [6.45, 7) is 6.50. The summed E-state index contributed by atoms with van der Waals surface area (Å²) < 4.78 is 42.1. The molecule has 1 N–H and O–H groups in total. The van der Waals surface area contributed by atoms with E-state index in [0.717, 1.165) is 38.0 Å². The third kappa shape index (κ3) is 6.03. The van der Waals surface area contributed by atoms with Gasteiger partial charge in [0.15, 0.2) is 5.03 Å². The SMILES string of the molecule is CCn1cnc(S(=O)(=O)N2CCC[C@@H](C(=O)NCC3CCN(Cc4ccc(F)cc4)CC3)C2)c1. The zero-order valence-electron chi connectivity index (χ0n) is 19.7. The Bertz CT molecular complexity index is 1060. The van der Waals surface area contributed by atoms with E-state index in [1.54, 1.807) is 10.8 Å². The molecule has 186 valence electrons. The highest BCUT2D eigenvalue weighted by Gasteiger charge is 2.34. The lowest BCUT2D eigenvalue weighted by molar-refractivity contribution is -0.126. The van der Waals surface area contributed by atoms with Crippen LogP contribution in [-0.2, 0) is 27.9 Å². The van der Waals surface area contributed by atoms with E-state index in [2.05, 4.69) is 15.2 Å². The van der Waals surface area contributed by atoms with Crippen molar-refractivity contribution in [2.24, 2.45) is 11.8 Å². The van der Waals surface area contributed by atoms with Crippen molar-refractivity contribution in [2.75, 3.05) is 32.7 Å². The monoisotopic (exact) mass is 491 g/mol. The van der Waals surface area contributed by atoms with Gasteiger partial charge in [-0.1, -0.05) is 12.1 Å². The minimum atomic E-state index is -3.69. The van der Waals surface area contributed by atoms with Crippen LogP contribution in [-0.4, -0.2) is 65.8 Å². The number of rotatable bonds is 8. The van der Waals surface area contributed by atoms with E-state index in [1.165, 1.54) is 22.8 Å². The number of benzene rings is 1. The number of aryl methyl sites for hydroxylation is 1. The van der Waals surface area contributed by atoms with Crippen LogP contribution in [0.2, 0.25) is 0 Å². The molecule has 2 aliphatic rings. The first kappa shape index (κ1) is 24.8. The van der Waals surface area contributed by atoms with Gasteiger partial charge in [-0.25, -0.2) is 17.8 Å². The van der Waals surface area contributed by atoms with Crippen LogP contribution in [0.4, 0.5) is 4.39 Å². The van der Waals surface area contributed by atoms with Crippen LogP contribution in [0.3, 0.4) is 0 Å². The van der Waals surface area contributed by atoms with Gasteiger partial charge in [-0.3, -0.25) is 9.69 Å². The Morgan fingerprint density at radius 1 is 1.15 bits per heavy atom. The maximum atomic E-state index is 13.1. The largest absolute Gasteiger partial charge is 0.356 e. The van der Waals surface area contributed by atoms with Crippen LogP contribution >= 0.6 is 0 Å². The molecule has 2 aliphatic heterocycles. The molecule has 0 saturated carbocycles. The topological polar surface area (TPSA) is 87.5 Å². The van der Waals surface area contributed by atoms with Crippen LogP contribution in [0.1, 0.15) is 38.2 Å². The zero-order valence-corrected chi connectivity index (χ0v) is 20.5. The van der Waals surface area contributed by atoms with Gasteiger partial charge >= 0.3 is 0 Å². The first-order valence-corrected chi connectivity index (χ1v) is 13.6. The number of carbonyl (C=O) groups excluding carboxylic acids is 1. The number of nitrogens with one attached hydrogen (secondary N) is 1. The molecular formula is C24H34FN5O3S. The van der Waals surface area contributed by atoms with E-state index in [0.29, 0.717) is 38.4 Å². The first-order chi connectivity index (χ1) is 16.3. The Kier molecular flexibility index (Phi) is 8.00. The second-order valence-corrected chi connectivity index (χ2v) is 11.2. The van der Waals surface area contributed by atoms with E-state index in [1.807, 2.05) is 19.1 Å². The van der Waals surface area contributed by atoms with Crippen molar-refractivity contribution in [2.45, 2.75) is 50.7 Å². The van der Waals surface area contributed by atoms with Crippen molar-refractivity contribution in [3.05, 3.63) is 48.2 Å². The molecule has 1 aromatic heterocycles. The average molecular weight is 492 g/mol. The fourth-order valence-corrected chi connectivity index (χ4v) is 6.20. The number of aromatic nitrogens is 2. The molecule has 2 aromatic rings. The van der Waals surface area contributed by atoms with Gasteiger partial charge in [-0.05, 0) is 69.3 Å². The van der Waals surface area contributed by atoms with Crippen molar-refractivity contribution >= 4 is 15.9 Å². The number of amides is 1. The Labute approximate surface area is 201 Å². The maximum Gasteiger partial charge on any atom is 0.262 e. The second-order valence-electron chi connectivity index (χ2n) is 9.34. The van der Waals surface area contributed by atoms with E-state index in [9.17, 15) is 17.6 Å². The number of halogens is 1. The Morgan fingerprint density at radius 2 is 1.88 bits per heavy atom. The summed E-state index contributed by atoms with van der Waals surface area (Å²) >= 11 is 0. The van der Waals surface area contributed by atoms with Crippen LogP contribution in [0.25, 0.3) is 0 Å². The molecule has 0 unspecified atom stereocenters. The van der Waals surface area contributed by atoms with Gasteiger partial charge in [-0.2, -0.15) is 4.31 Å². The number of likely N-dealkylation sites (tertiary alicyclic amines) is 1. The molecule has 34 heavy (non-hydrogen) atoms. The highest BCUT2D eigenvalue weighted by molar-refractivity contribution is 7.89. The van der Waals surface area contributed by atoms with Crippen molar-refractivity contribution in [3.63, 3.8) is 0 Å². The number of carbonyl (C=O) groups is 1. The summed E-state index contributed by atoms with van der Waals surface area (Å²) in [7, 11) is -3.69. The molecular weight excluding hydrogens is 457 g/mol. The van der Waals surface area contributed by atoms with Crippen LogP contribution in [0.15, 0.2) is 41.8 Å². The smallest absolute Gasteiger partial charge is 0.262 e. The summed E-state index contributed by atoms with van der Waals surface area (Å²) in [4.78, 5) is 19.2. The Hall–Kier alpha value is -2.30. The predicted octanol–water partition coefficient (Wildman–Crippen LogP) is 2.47. The molecule has 0 aliphatic carbocycles. The number of piperidine rings is 2. The lowest BCUT2D eigenvalue weighted by Gasteiger charge is -2.33. The molecule has 8 nitrogen and oxygen atoms in total. The maximum absolute atomic E-state index is 13.1. The number of nitrogens with zero attached hydrogens (tertiary/aromatic N) is 4. The number of hydrogen-bond donors (Lipinski definition) is 1. The second kappa shape index (κ2) is 11.0. The fraction of sp³-hybridized carbons (Fsp3) is 0.583. The molecule has 1 amide bonds. The van der Waals surface area contributed by atoms with Crippen LogP contribution in [0, 0.1) is 17.7 Å². The number of sulfonamides is 1. The van der Waals surface area contributed by atoms with E-state index < -0.39 is 10.0 Å². The zero-order chi connectivity index (χ0) is 24.1. The molecule has 1 atom stereocenters. The highest BCUT2D eigenvalue weighted by Crippen LogP contribution is 2.24. The summed E-state index contributed by atoms with van der Waals surface area (Å²) in [5, 5.41) is 3.12. The van der Waals surface area contributed by atoms with Gasteiger partial charge in [0.2, 0.25) is 5.91 Å². The minimum Gasteiger partial charge on any atom is -0.356 e. The lowest BCUT2D eigenvalue weighted by Crippen LogP contribution is -2.46. The Morgan fingerprint density at radius 3 is 2.56 bits per heavy atom. The summed E-state index contributed by atoms with van der Waals surface area (Å²) in [5.41, 5.74) is 1.10.